The zero-order valence-corrected chi connectivity index (χ0v) is 13.4. The lowest BCUT2D eigenvalue weighted by Crippen LogP contribution is -2.08. The average molecular weight is 310 g/mol. The molecule has 0 saturated heterocycles. The van der Waals surface area contributed by atoms with Crippen molar-refractivity contribution in [1.82, 2.24) is 4.98 Å². The minimum atomic E-state index is -0.309. The molecule has 3 nitrogen and oxygen atoms in total. The van der Waals surface area contributed by atoms with Crippen LogP contribution in [0.2, 0.25) is 0 Å². The predicted octanol–water partition coefficient (Wildman–Crippen LogP) is 4.28. The molecule has 0 atom stereocenters. The van der Waals surface area contributed by atoms with Crippen molar-refractivity contribution < 1.29 is 9.13 Å². The Hall–Kier alpha value is -2.41. The Kier molecular flexibility index (Phi) is 4.29. The van der Waals surface area contributed by atoms with Crippen molar-refractivity contribution in [2.75, 3.05) is 0 Å². The summed E-state index contributed by atoms with van der Waals surface area (Å²) in [4.78, 5) is 4.59. The lowest BCUT2D eigenvalue weighted by Gasteiger charge is -2.16. The fraction of sp³-hybridized carbons (Fsp3) is 0.368. The van der Waals surface area contributed by atoms with Crippen molar-refractivity contribution in [1.29, 1.82) is 5.26 Å². The summed E-state index contributed by atoms with van der Waals surface area (Å²) in [5.41, 5.74) is 4.24. The first-order valence-corrected chi connectivity index (χ1v) is 7.93. The van der Waals surface area contributed by atoms with Gasteiger partial charge in [0, 0.05) is 5.56 Å². The second kappa shape index (κ2) is 6.37. The molecule has 0 aliphatic heterocycles. The lowest BCUT2D eigenvalue weighted by molar-refractivity contribution is 0.285. The zero-order chi connectivity index (χ0) is 16.4. The van der Waals surface area contributed by atoms with Gasteiger partial charge in [-0.2, -0.15) is 5.26 Å². The molecule has 1 aliphatic rings. The summed E-state index contributed by atoms with van der Waals surface area (Å²) >= 11 is 0. The Labute approximate surface area is 135 Å². The first kappa shape index (κ1) is 15.5. The van der Waals surface area contributed by atoms with Gasteiger partial charge in [-0.3, -0.25) is 0 Å². The lowest BCUT2D eigenvalue weighted by atomic mass is 9.98. The first-order chi connectivity index (χ1) is 11.1. The van der Waals surface area contributed by atoms with Crippen LogP contribution >= 0.6 is 0 Å². The highest BCUT2D eigenvalue weighted by Gasteiger charge is 2.25. The Morgan fingerprint density at radius 1 is 1.26 bits per heavy atom. The number of fused-ring (bicyclic) bond motifs is 1. The molecule has 1 aromatic heterocycles. The predicted molar refractivity (Wildman–Crippen MR) is 85.8 cm³/mol. The summed E-state index contributed by atoms with van der Waals surface area (Å²) < 4.78 is 19.5. The van der Waals surface area contributed by atoms with Crippen molar-refractivity contribution in [3.05, 3.63) is 58.0 Å². The van der Waals surface area contributed by atoms with Gasteiger partial charge >= 0.3 is 0 Å². The topological polar surface area (TPSA) is 45.9 Å². The minimum absolute atomic E-state index is 0.0741. The molecule has 1 heterocycles. The van der Waals surface area contributed by atoms with Crippen LogP contribution in [-0.2, 0) is 19.4 Å². The van der Waals surface area contributed by atoms with E-state index >= 15 is 0 Å². The molecular weight excluding hydrogens is 291 g/mol. The van der Waals surface area contributed by atoms with E-state index in [1.165, 1.54) is 11.6 Å². The number of hydrogen-bond acceptors (Lipinski definition) is 3. The largest absolute Gasteiger partial charge is 0.472 e. The molecule has 118 valence electrons. The van der Waals surface area contributed by atoms with E-state index in [4.69, 9.17) is 4.74 Å². The molecule has 4 heteroatoms. The molecule has 0 radical (unpaired) electrons. The molecule has 0 spiro atoms. The number of ether oxygens (including phenoxy) is 1. The maximum atomic E-state index is 13.7. The van der Waals surface area contributed by atoms with Crippen molar-refractivity contribution in [3.8, 4) is 11.9 Å². The second-order valence-corrected chi connectivity index (χ2v) is 6.13. The molecule has 1 aromatic carbocycles. The third kappa shape index (κ3) is 2.92. The Bertz CT molecular complexity index is 778. The SMILES string of the molecule is CC(C)c1nc(OCc2ccccc2F)c(C#N)c2c1CCC2. The number of nitrogens with zero attached hydrogens (tertiary/aromatic N) is 2. The summed E-state index contributed by atoms with van der Waals surface area (Å²) in [6.07, 6.45) is 2.90. The van der Waals surface area contributed by atoms with E-state index in [0.29, 0.717) is 17.0 Å². The summed E-state index contributed by atoms with van der Waals surface area (Å²) in [6, 6.07) is 8.72. The van der Waals surface area contributed by atoms with Gasteiger partial charge in [0.25, 0.3) is 0 Å². The molecule has 0 amide bonds. The summed E-state index contributed by atoms with van der Waals surface area (Å²) in [5.74, 6) is 0.293. The van der Waals surface area contributed by atoms with Gasteiger partial charge in [-0.1, -0.05) is 32.0 Å². The average Bonchev–Trinajstić information content (AvgIpc) is 3.02. The molecule has 0 unspecified atom stereocenters. The van der Waals surface area contributed by atoms with Crippen molar-refractivity contribution in [3.63, 3.8) is 0 Å². The maximum Gasteiger partial charge on any atom is 0.232 e. The third-order valence-corrected chi connectivity index (χ3v) is 4.25. The van der Waals surface area contributed by atoms with Crippen LogP contribution < -0.4 is 4.74 Å². The quantitative estimate of drug-likeness (QED) is 0.846. The van der Waals surface area contributed by atoms with E-state index in [9.17, 15) is 9.65 Å². The van der Waals surface area contributed by atoms with E-state index in [2.05, 4.69) is 24.9 Å². The van der Waals surface area contributed by atoms with Gasteiger partial charge in [0.05, 0.1) is 5.69 Å². The highest BCUT2D eigenvalue weighted by Crippen LogP contribution is 2.35. The van der Waals surface area contributed by atoms with Gasteiger partial charge in [0.1, 0.15) is 24.1 Å². The molecule has 0 bridgehead atoms. The summed E-state index contributed by atoms with van der Waals surface area (Å²) in [7, 11) is 0. The number of aromatic nitrogens is 1. The smallest absolute Gasteiger partial charge is 0.232 e. The van der Waals surface area contributed by atoms with Crippen molar-refractivity contribution in [2.24, 2.45) is 0 Å². The molecule has 2 aromatic rings. The molecule has 0 fully saturated rings. The maximum absolute atomic E-state index is 13.7. The van der Waals surface area contributed by atoms with Crippen LogP contribution in [0.1, 0.15) is 54.1 Å². The van der Waals surface area contributed by atoms with Crippen LogP contribution in [0.3, 0.4) is 0 Å². The number of rotatable bonds is 4. The standard InChI is InChI=1S/C19H19FN2O/c1-12(2)18-15-8-5-7-14(15)16(10-21)19(22-18)23-11-13-6-3-4-9-17(13)20/h3-4,6,9,12H,5,7-8,11H2,1-2H3. The number of pyridine rings is 1. The van der Waals surface area contributed by atoms with E-state index < -0.39 is 0 Å². The molecule has 0 saturated carbocycles. The first-order valence-electron chi connectivity index (χ1n) is 7.93. The second-order valence-electron chi connectivity index (χ2n) is 6.13. The van der Waals surface area contributed by atoms with Gasteiger partial charge in [-0.25, -0.2) is 9.37 Å². The zero-order valence-electron chi connectivity index (χ0n) is 13.4. The van der Waals surface area contributed by atoms with E-state index in [0.717, 1.165) is 30.5 Å². The molecule has 3 rings (SSSR count). The fourth-order valence-electron chi connectivity index (χ4n) is 3.12. The molecule has 23 heavy (non-hydrogen) atoms. The van der Waals surface area contributed by atoms with Gasteiger partial charge < -0.3 is 4.74 Å². The molecular formula is C19H19FN2O. The van der Waals surface area contributed by atoms with Crippen LogP contribution in [0.15, 0.2) is 24.3 Å². The fourth-order valence-corrected chi connectivity index (χ4v) is 3.12. The monoisotopic (exact) mass is 310 g/mol. The third-order valence-electron chi connectivity index (χ3n) is 4.25. The van der Waals surface area contributed by atoms with Crippen molar-refractivity contribution >= 4 is 0 Å². The van der Waals surface area contributed by atoms with Crippen LogP contribution in [0, 0.1) is 17.1 Å². The van der Waals surface area contributed by atoms with Gasteiger partial charge in [0.15, 0.2) is 0 Å². The van der Waals surface area contributed by atoms with Crippen molar-refractivity contribution in [2.45, 2.75) is 45.6 Å². The van der Waals surface area contributed by atoms with Gasteiger partial charge in [-0.05, 0) is 42.4 Å². The van der Waals surface area contributed by atoms with Crippen LogP contribution in [0.25, 0.3) is 0 Å². The van der Waals surface area contributed by atoms with Crippen LogP contribution in [0.5, 0.6) is 5.88 Å². The van der Waals surface area contributed by atoms with Crippen LogP contribution in [-0.4, -0.2) is 4.98 Å². The Morgan fingerprint density at radius 3 is 2.70 bits per heavy atom. The molecule has 0 N–H and O–H groups in total. The highest BCUT2D eigenvalue weighted by molar-refractivity contribution is 5.53. The van der Waals surface area contributed by atoms with E-state index in [1.54, 1.807) is 18.2 Å². The highest BCUT2D eigenvalue weighted by atomic mass is 19.1. The number of halogens is 1. The normalized spacial score (nSPS) is 13.0. The minimum Gasteiger partial charge on any atom is -0.472 e. The number of nitriles is 1. The summed E-state index contributed by atoms with van der Waals surface area (Å²) in [5, 5.41) is 9.52. The Balaban J connectivity index is 1.97. The number of hydrogen-bond donors (Lipinski definition) is 0. The summed E-state index contributed by atoms with van der Waals surface area (Å²) in [6.45, 7) is 4.26. The van der Waals surface area contributed by atoms with Gasteiger partial charge in [0.2, 0.25) is 5.88 Å². The molecule has 1 aliphatic carbocycles. The van der Waals surface area contributed by atoms with Crippen LogP contribution in [0.4, 0.5) is 4.39 Å². The van der Waals surface area contributed by atoms with E-state index in [1.807, 2.05) is 0 Å². The Morgan fingerprint density at radius 2 is 2.00 bits per heavy atom. The number of benzene rings is 1. The van der Waals surface area contributed by atoms with Gasteiger partial charge in [-0.15, -0.1) is 0 Å². The van der Waals surface area contributed by atoms with E-state index in [-0.39, 0.29) is 18.3 Å².